The zero-order valence-electron chi connectivity index (χ0n) is 18.9. The monoisotopic (exact) mass is 444 g/mol. The Bertz CT molecular complexity index is 1320. The Hall–Kier alpha value is -4.20. The van der Waals surface area contributed by atoms with Crippen LogP contribution < -0.4 is 9.47 Å². The molecule has 4 rings (SSSR count). The molecule has 1 aromatic carbocycles. The number of rotatable bonds is 7. The van der Waals surface area contributed by atoms with Crippen LogP contribution in [0.5, 0.6) is 11.5 Å². The zero-order valence-corrected chi connectivity index (χ0v) is 18.9. The summed E-state index contributed by atoms with van der Waals surface area (Å²) < 4.78 is 17.7. The van der Waals surface area contributed by atoms with E-state index in [0.29, 0.717) is 33.8 Å². The highest BCUT2D eigenvalue weighted by Gasteiger charge is 2.14. The molecule has 0 saturated heterocycles. The first-order chi connectivity index (χ1) is 16.0. The van der Waals surface area contributed by atoms with Gasteiger partial charge in [-0.25, -0.2) is 9.78 Å². The smallest absolute Gasteiger partial charge is 0.331 e. The van der Waals surface area contributed by atoms with Crippen LogP contribution in [-0.2, 0) is 16.6 Å². The average Bonchev–Trinajstić information content (AvgIpc) is 3.27. The number of methoxy groups -OCH3 is 2. The van der Waals surface area contributed by atoms with Gasteiger partial charge in [0.2, 0.25) is 0 Å². The Morgan fingerprint density at radius 3 is 2.39 bits per heavy atom. The van der Waals surface area contributed by atoms with Crippen molar-refractivity contribution in [2.24, 2.45) is 7.05 Å². The second kappa shape index (κ2) is 9.52. The van der Waals surface area contributed by atoms with Crippen LogP contribution in [-0.4, -0.2) is 46.5 Å². The number of aromatic nitrogens is 4. The number of hydrogen-bond donors (Lipinski definition) is 0. The maximum atomic E-state index is 12.4. The summed E-state index contributed by atoms with van der Waals surface area (Å²) in [6.07, 6.45) is 6.93. The van der Waals surface area contributed by atoms with Gasteiger partial charge < -0.3 is 14.2 Å². The molecular formula is C25H24N4O4. The van der Waals surface area contributed by atoms with Crippen molar-refractivity contribution in [2.45, 2.75) is 6.92 Å². The number of fused-ring (bicyclic) bond motifs is 1. The molecule has 4 aromatic rings. The summed E-state index contributed by atoms with van der Waals surface area (Å²) in [7, 11) is 5.02. The van der Waals surface area contributed by atoms with Gasteiger partial charge in [0, 0.05) is 48.3 Å². The summed E-state index contributed by atoms with van der Waals surface area (Å²) in [6, 6.07) is 11.1. The molecule has 0 spiro atoms. The third-order valence-corrected chi connectivity index (χ3v) is 5.06. The lowest BCUT2D eigenvalue weighted by Gasteiger charge is -2.12. The molecule has 0 unspecified atom stereocenters. The van der Waals surface area contributed by atoms with Crippen LogP contribution in [0.1, 0.15) is 18.2 Å². The standard InChI is InChI=1S/C25H24N4O4/c1-5-33-25(30)12-21(16-8-19(31-3)11-20(9-16)32-4)22-6-7-23-24(28-22)10-17(13-26-23)18-14-27-29(2)15-18/h6-15H,5H2,1-4H3/b21-12-. The molecule has 33 heavy (non-hydrogen) atoms. The van der Waals surface area contributed by atoms with Crippen molar-refractivity contribution in [2.75, 3.05) is 20.8 Å². The van der Waals surface area contributed by atoms with Crippen LogP contribution in [0.15, 0.2) is 61.1 Å². The minimum atomic E-state index is -0.460. The van der Waals surface area contributed by atoms with Gasteiger partial charge in [-0.15, -0.1) is 0 Å². The third-order valence-electron chi connectivity index (χ3n) is 5.06. The van der Waals surface area contributed by atoms with Crippen molar-refractivity contribution in [1.29, 1.82) is 0 Å². The number of carbonyl (C=O) groups excluding carboxylic acids is 1. The Labute approximate surface area is 191 Å². The molecule has 0 N–H and O–H groups in total. The predicted octanol–water partition coefficient (Wildman–Crippen LogP) is 4.04. The normalized spacial score (nSPS) is 11.5. The highest BCUT2D eigenvalue weighted by molar-refractivity contribution is 5.96. The second-order valence-electron chi connectivity index (χ2n) is 7.27. The SMILES string of the molecule is CCOC(=O)/C=C(/c1cc(OC)cc(OC)c1)c1ccc2ncc(-c3cnn(C)c3)cc2n1. The number of hydrogen-bond acceptors (Lipinski definition) is 7. The zero-order chi connectivity index (χ0) is 23.4. The van der Waals surface area contributed by atoms with Crippen molar-refractivity contribution in [3.8, 4) is 22.6 Å². The minimum Gasteiger partial charge on any atom is -0.497 e. The molecule has 0 aliphatic heterocycles. The number of aryl methyl sites for hydroxylation is 1. The van der Waals surface area contributed by atoms with E-state index in [4.69, 9.17) is 19.2 Å². The Balaban J connectivity index is 1.86. The molecule has 8 nitrogen and oxygen atoms in total. The fourth-order valence-corrected chi connectivity index (χ4v) is 3.45. The maximum absolute atomic E-state index is 12.4. The average molecular weight is 444 g/mol. The molecule has 0 fully saturated rings. The van der Waals surface area contributed by atoms with E-state index < -0.39 is 5.97 Å². The van der Waals surface area contributed by atoms with Gasteiger partial charge in [0.1, 0.15) is 11.5 Å². The van der Waals surface area contributed by atoms with E-state index in [0.717, 1.165) is 16.6 Å². The molecule has 0 aliphatic rings. The molecule has 3 heterocycles. The Morgan fingerprint density at radius 1 is 1.00 bits per heavy atom. The summed E-state index contributed by atoms with van der Waals surface area (Å²) in [5.41, 5.74) is 5.17. The molecule has 0 bridgehead atoms. The minimum absolute atomic E-state index is 0.271. The van der Waals surface area contributed by atoms with Crippen molar-refractivity contribution in [3.05, 3.63) is 72.3 Å². The number of carbonyl (C=O) groups is 1. The second-order valence-corrected chi connectivity index (χ2v) is 7.27. The van der Waals surface area contributed by atoms with Gasteiger partial charge in [0.05, 0.1) is 43.8 Å². The molecule has 3 aromatic heterocycles. The van der Waals surface area contributed by atoms with Gasteiger partial charge in [-0.1, -0.05) is 0 Å². The van der Waals surface area contributed by atoms with Gasteiger partial charge in [-0.3, -0.25) is 9.67 Å². The summed E-state index contributed by atoms with van der Waals surface area (Å²) in [4.78, 5) is 21.8. The van der Waals surface area contributed by atoms with Crippen molar-refractivity contribution in [1.82, 2.24) is 19.7 Å². The van der Waals surface area contributed by atoms with E-state index in [9.17, 15) is 4.79 Å². The quantitative estimate of drug-likeness (QED) is 0.314. The lowest BCUT2D eigenvalue weighted by molar-refractivity contribution is -0.137. The van der Waals surface area contributed by atoms with E-state index in [-0.39, 0.29) is 6.61 Å². The first kappa shape index (κ1) is 22.0. The number of pyridine rings is 2. The molecule has 168 valence electrons. The molecule has 8 heteroatoms. The van der Waals surface area contributed by atoms with E-state index in [1.807, 2.05) is 43.6 Å². The summed E-state index contributed by atoms with van der Waals surface area (Å²) in [6.45, 7) is 2.04. The number of ether oxygens (including phenoxy) is 3. The van der Waals surface area contributed by atoms with Gasteiger partial charge >= 0.3 is 5.97 Å². The fourth-order valence-electron chi connectivity index (χ4n) is 3.45. The number of benzene rings is 1. The lowest BCUT2D eigenvalue weighted by Crippen LogP contribution is -2.03. The van der Waals surface area contributed by atoms with Crippen LogP contribution in [0.2, 0.25) is 0 Å². The van der Waals surface area contributed by atoms with Crippen LogP contribution >= 0.6 is 0 Å². The Morgan fingerprint density at radius 2 is 1.76 bits per heavy atom. The highest BCUT2D eigenvalue weighted by atomic mass is 16.5. The van der Waals surface area contributed by atoms with Crippen molar-refractivity contribution >= 4 is 22.6 Å². The van der Waals surface area contributed by atoms with Gasteiger partial charge in [-0.05, 0) is 42.8 Å². The topological polar surface area (TPSA) is 88.4 Å². The molecule has 0 radical (unpaired) electrons. The summed E-state index contributed by atoms with van der Waals surface area (Å²) in [5, 5.41) is 4.23. The van der Waals surface area contributed by atoms with Gasteiger partial charge in [0.15, 0.2) is 0 Å². The molecule has 0 amide bonds. The van der Waals surface area contributed by atoms with Gasteiger partial charge in [0.25, 0.3) is 0 Å². The molecule has 0 saturated carbocycles. The van der Waals surface area contributed by atoms with Crippen molar-refractivity contribution < 1.29 is 19.0 Å². The predicted molar refractivity (Wildman–Crippen MR) is 125 cm³/mol. The first-order valence-electron chi connectivity index (χ1n) is 10.4. The van der Waals surface area contributed by atoms with E-state index >= 15 is 0 Å². The van der Waals surface area contributed by atoms with E-state index in [1.54, 1.807) is 44.3 Å². The maximum Gasteiger partial charge on any atom is 0.331 e. The van der Waals surface area contributed by atoms with E-state index in [2.05, 4.69) is 10.1 Å². The summed E-state index contributed by atoms with van der Waals surface area (Å²) >= 11 is 0. The van der Waals surface area contributed by atoms with Crippen LogP contribution in [0.3, 0.4) is 0 Å². The number of esters is 1. The van der Waals surface area contributed by atoms with Crippen LogP contribution in [0.25, 0.3) is 27.7 Å². The largest absolute Gasteiger partial charge is 0.497 e. The van der Waals surface area contributed by atoms with Crippen molar-refractivity contribution in [3.63, 3.8) is 0 Å². The van der Waals surface area contributed by atoms with E-state index in [1.165, 1.54) is 6.08 Å². The molecule has 0 atom stereocenters. The van der Waals surface area contributed by atoms with Gasteiger partial charge in [-0.2, -0.15) is 5.10 Å². The first-order valence-corrected chi connectivity index (χ1v) is 10.4. The number of nitrogens with zero attached hydrogens (tertiary/aromatic N) is 4. The van der Waals surface area contributed by atoms with Crippen LogP contribution in [0, 0.1) is 0 Å². The highest BCUT2D eigenvalue weighted by Crippen LogP contribution is 2.31. The molecule has 0 aliphatic carbocycles. The fraction of sp³-hybridized carbons (Fsp3) is 0.200. The molecular weight excluding hydrogens is 420 g/mol. The van der Waals surface area contributed by atoms with Crippen LogP contribution in [0.4, 0.5) is 0 Å². The lowest BCUT2D eigenvalue weighted by atomic mass is 10.0. The Kier molecular flexibility index (Phi) is 6.35. The summed E-state index contributed by atoms with van der Waals surface area (Å²) in [5.74, 6) is 0.735. The third kappa shape index (κ3) is 4.85.